The summed E-state index contributed by atoms with van der Waals surface area (Å²) in [5, 5.41) is 0. The van der Waals surface area contributed by atoms with Gasteiger partial charge in [-0.25, -0.2) is 4.79 Å². The Morgan fingerprint density at radius 1 is 1.09 bits per heavy atom. The smallest absolute Gasteiger partial charge is 0.359 e. The SMILES string of the molecule is CCOC(=O)C1CCCCC1C(=O)OOc1ccccc1C. The molecule has 120 valence electrons. The molecule has 0 radical (unpaired) electrons. The maximum absolute atomic E-state index is 12.2. The molecule has 2 rings (SSSR count). The number of esters is 1. The Morgan fingerprint density at radius 2 is 1.73 bits per heavy atom. The van der Waals surface area contributed by atoms with Crippen LogP contribution in [0, 0.1) is 18.8 Å². The van der Waals surface area contributed by atoms with E-state index in [-0.39, 0.29) is 5.97 Å². The van der Waals surface area contributed by atoms with E-state index >= 15 is 0 Å². The fraction of sp³-hybridized carbons (Fsp3) is 0.529. The third-order valence-corrected chi connectivity index (χ3v) is 3.97. The Bertz CT molecular complexity index is 526. The van der Waals surface area contributed by atoms with Gasteiger partial charge in [-0.3, -0.25) is 14.6 Å². The van der Waals surface area contributed by atoms with Gasteiger partial charge in [0.1, 0.15) is 0 Å². The van der Waals surface area contributed by atoms with Crippen molar-refractivity contribution in [1.29, 1.82) is 0 Å². The first kappa shape index (κ1) is 16.3. The molecule has 1 fully saturated rings. The molecule has 0 spiro atoms. The van der Waals surface area contributed by atoms with Crippen molar-refractivity contribution in [1.82, 2.24) is 0 Å². The van der Waals surface area contributed by atoms with Crippen LogP contribution in [-0.4, -0.2) is 18.5 Å². The van der Waals surface area contributed by atoms with Gasteiger partial charge in [0, 0.05) is 0 Å². The van der Waals surface area contributed by atoms with E-state index in [0.29, 0.717) is 25.2 Å². The summed E-state index contributed by atoms with van der Waals surface area (Å²) in [6.45, 7) is 3.94. The Morgan fingerprint density at radius 3 is 2.36 bits per heavy atom. The molecule has 0 N–H and O–H groups in total. The number of carbonyl (C=O) groups excluding carboxylic acids is 2. The van der Waals surface area contributed by atoms with E-state index in [1.54, 1.807) is 19.1 Å². The molecule has 1 aliphatic rings. The highest BCUT2D eigenvalue weighted by molar-refractivity contribution is 5.82. The molecule has 0 saturated heterocycles. The van der Waals surface area contributed by atoms with Crippen LogP contribution in [0.4, 0.5) is 0 Å². The van der Waals surface area contributed by atoms with Gasteiger partial charge in [-0.05, 0) is 38.3 Å². The van der Waals surface area contributed by atoms with Crippen molar-refractivity contribution in [2.75, 3.05) is 6.61 Å². The van der Waals surface area contributed by atoms with Crippen molar-refractivity contribution in [3.05, 3.63) is 29.8 Å². The summed E-state index contributed by atoms with van der Waals surface area (Å²) >= 11 is 0. The van der Waals surface area contributed by atoms with Crippen molar-refractivity contribution in [3.63, 3.8) is 0 Å². The van der Waals surface area contributed by atoms with Crippen molar-refractivity contribution in [2.45, 2.75) is 39.5 Å². The number of para-hydroxylation sites is 1. The van der Waals surface area contributed by atoms with Gasteiger partial charge in [0.25, 0.3) is 0 Å². The van der Waals surface area contributed by atoms with E-state index in [9.17, 15) is 9.59 Å². The van der Waals surface area contributed by atoms with E-state index in [1.165, 1.54) is 0 Å². The highest BCUT2D eigenvalue weighted by atomic mass is 17.2. The predicted molar refractivity (Wildman–Crippen MR) is 80.0 cm³/mol. The van der Waals surface area contributed by atoms with Crippen molar-refractivity contribution >= 4 is 11.9 Å². The molecular formula is C17H22O5. The van der Waals surface area contributed by atoms with Gasteiger partial charge in [-0.15, -0.1) is 0 Å². The molecule has 0 aromatic heterocycles. The zero-order valence-electron chi connectivity index (χ0n) is 13.0. The first-order valence-electron chi connectivity index (χ1n) is 7.74. The molecular weight excluding hydrogens is 284 g/mol. The number of hydrogen-bond acceptors (Lipinski definition) is 5. The van der Waals surface area contributed by atoms with Crippen LogP contribution in [0.5, 0.6) is 5.75 Å². The molecule has 0 aliphatic heterocycles. The molecule has 1 aromatic rings. The minimum atomic E-state index is -0.499. The van der Waals surface area contributed by atoms with E-state index in [0.717, 1.165) is 18.4 Å². The van der Waals surface area contributed by atoms with E-state index in [1.807, 2.05) is 19.1 Å². The van der Waals surface area contributed by atoms with Gasteiger partial charge in [-0.2, -0.15) is 0 Å². The Hall–Kier alpha value is -2.04. The average Bonchev–Trinajstić information content (AvgIpc) is 2.54. The molecule has 0 bridgehead atoms. The lowest BCUT2D eigenvalue weighted by molar-refractivity contribution is -0.222. The first-order valence-corrected chi connectivity index (χ1v) is 7.74. The Kier molecular flexibility index (Phi) is 5.81. The van der Waals surface area contributed by atoms with Crippen molar-refractivity contribution in [3.8, 4) is 5.75 Å². The summed E-state index contributed by atoms with van der Waals surface area (Å²) in [5.74, 6) is -1.24. The van der Waals surface area contributed by atoms with Gasteiger partial charge in [0.2, 0.25) is 0 Å². The molecule has 22 heavy (non-hydrogen) atoms. The first-order chi connectivity index (χ1) is 10.6. The number of hydrogen-bond donors (Lipinski definition) is 0. The monoisotopic (exact) mass is 306 g/mol. The lowest BCUT2D eigenvalue weighted by atomic mass is 9.79. The number of carbonyl (C=O) groups is 2. The molecule has 1 aliphatic carbocycles. The number of benzene rings is 1. The topological polar surface area (TPSA) is 61.8 Å². The maximum Gasteiger partial charge on any atom is 0.359 e. The second-order valence-corrected chi connectivity index (χ2v) is 5.50. The van der Waals surface area contributed by atoms with Crippen LogP contribution in [0.2, 0.25) is 0 Å². The Labute approximate surface area is 130 Å². The van der Waals surface area contributed by atoms with Crippen LogP contribution in [0.25, 0.3) is 0 Å². The molecule has 0 amide bonds. The van der Waals surface area contributed by atoms with E-state index in [4.69, 9.17) is 14.5 Å². The summed E-state index contributed by atoms with van der Waals surface area (Å²) in [4.78, 5) is 34.3. The Balaban J connectivity index is 1.97. The van der Waals surface area contributed by atoms with E-state index < -0.39 is 17.8 Å². The molecule has 1 saturated carbocycles. The summed E-state index contributed by atoms with van der Waals surface area (Å²) in [7, 11) is 0. The minimum absolute atomic E-state index is 0.316. The van der Waals surface area contributed by atoms with Crippen LogP contribution in [0.15, 0.2) is 24.3 Å². The van der Waals surface area contributed by atoms with Crippen LogP contribution < -0.4 is 4.89 Å². The van der Waals surface area contributed by atoms with Crippen LogP contribution in [0.1, 0.15) is 38.2 Å². The average molecular weight is 306 g/mol. The zero-order valence-corrected chi connectivity index (χ0v) is 13.0. The summed E-state index contributed by atoms with van der Waals surface area (Å²) in [6, 6.07) is 7.28. The quantitative estimate of drug-likeness (QED) is 0.475. The lowest BCUT2D eigenvalue weighted by Gasteiger charge is -2.27. The third kappa shape index (κ3) is 4.00. The zero-order chi connectivity index (χ0) is 15.9. The summed E-state index contributed by atoms with van der Waals surface area (Å²) in [6.07, 6.45) is 3.11. The number of aryl methyl sites for hydroxylation is 1. The molecule has 5 heteroatoms. The molecule has 2 unspecified atom stereocenters. The summed E-state index contributed by atoms with van der Waals surface area (Å²) in [5.41, 5.74) is 0.876. The molecule has 5 nitrogen and oxygen atoms in total. The van der Waals surface area contributed by atoms with Gasteiger partial charge < -0.3 is 4.74 Å². The largest absolute Gasteiger partial charge is 0.466 e. The van der Waals surface area contributed by atoms with Gasteiger partial charge >= 0.3 is 11.9 Å². The van der Waals surface area contributed by atoms with Crippen LogP contribution >= 0.6 is 0 Å². The van der Waals surface area contributed by atoms with E-state index in [2.05, 4.69) is 0 Å². The summed E-state index contributed by atoms with van der Waals surface area (Å²) < 4.78 is 5.06. The van der Waals surface area contributed by atoms with Crippen molar-refractivity contribution < 1.29 is 24.1 Å². The second kappa shape index (κ2) is 7.82. The second-order valence-electron chi connectivity index (χ2n) is 5.50. The number of ether oxygens (including phenoxy) is 1. The standard InChI is InChI=1S/C17H22O5/c1-3-20-16(18)13-9-5-6-10-14(13)17(19)22-21-15-11-7-4-8-12(15)2/h4,7-8,11,13-14H,3,5-6,9-10H2,1-2H3. The maximum atomic E-state index is 12.2. The fourth-order valence-electron chi connectivity index (χ4n) is 2.74. The number of rotatable bonds is 5. The molecule has 1 aromatic carbocycles. The van der Waals surface area contributed by atoms with Crippen molar-refractivity contribution in [2.24, 2.45) is 11.8 Å². The predicted octanol–water partition coefficient (Wildman–Crippen LogP) is 3.20. The van der Waals surface area contributed by atoms with Gasteiger partial charge in [0.05, 0.1) is 18.4 Å². The normalized spacial score (nSPS) is 21.0. The van der Waals surface area contributed by atoms with Crippen LogP contribution in [-0.2, 0) is 19.2 Å². The van der Waals surface area contributed by atoms with Gasteiger partial charge in [-0.1, -0.05) is 31.0 Å². The highest BCUT2D eigenvalue weighted by Crippen LogP contribution is 2.32. The minimum Gasteiger partial charge on any atom is -0.466 e. The molecule has 2 atom stereocenters. The highest BCUT2D eigenvalue weighted by Gasteiger charge is 2.38. The van der Waals surface area contributed by atoms with Gasteiger partial charge in [0.15, 0.2) is 5.75 Å². The fourth-order valence-corrected chi connectivity index (χ4v) is 2.74. The van der Waals surface area contributed by atoms with Crippen LogP contribution in [0.3, 0.4) is 0 Å². The lowest BCUT2D eigenvalue weighted by Crippen LogP contribution is -2.35. The molecule has 0 heterocycles. The third-order valence-electron chi connectivity index (χ3n) is 3.97.